The first kappa shape index (κ1) is 13.1. The number of carbonyl (C=O) groups is 1. The zero-order valence-corrected chi connectivity index (χ0v) is 11.1. The van der Waals surface area contributed by atoms with Crippen LogP contribution in [0.3, 0.4) is 0 Å². The van der Waals surface area contributed by atoms with E-state index in [9.17, 15) is 4.79 Å². The number of ether oxygens (including phenoxy) is 1. The monoisotopic (exact) mass is 255 g/mol. The highest BCUT2D eigenvalue weighted by molar-refractivity contribution is 6.11. The molecule has 0 atom stereocenters. The molecule has 2 aromatic rings. The van der Waals surface area contributed by atoms with Crippen LogP contribution in [-0.2, 0) is 6.42 Å². The minimum Gasteiger partial charge on any atom is -0.496 e. The van der Waals surface area contributed by atoms with Gasteiger partial charge < -0.3 is 10.5 Å². The van der Waals surface area contributed by atoms with Crippen molar-refractivity contribution in [2.75, 3.05) is 12.8 Å². The van der Waals surface area contributed by atoms with Crippen LogP contribution in [0.1, 0.15) is 28.4 Å². The zero-order valence-electron chi connectivity index (χ0n) is 11.1. The fourth-order valence-corrected chi connectivity index (χ4v) is 1.99. The molecule has 0 spiro atoms. The molecule has 2 aromatic carbocycles. The van der Waals surface area contributed by atoms with Crippen LogP contribution >= 0.6 is 0 Å². The lowest BCUT2D eigenvalue weighted by Gasteiger charge is -2.10. The Bertz CT molecular complexity index is 605. The van der Waals surface area contributed by atoms with Gasteiger partial charge in [0.1, 0.15) is 5.75 Å². The van der Waals surface area contributed by atoms with E-state index in [-0.39, 0.29) is 5.78 Å². The van der Waals surface area contributed by atoms with Gasteiger partial charge in [0.05, 0.1) is 12.7 Å². The molecule has 0 saturated heterocycles. The van der Waals surface area contributed by atoms with Gasteiger partial charge in [-0.3, -0.25) is 4.79 Å². The van der Waals surface area contributed by atoms with E-state index in [0.717, 1.165) is 12.0 Å². The second-order valence-electron chi connectivity index (χ2n) is 4.34. The Morgan fingerprint density at radius 2 is 2.00 bits per heavy atom. The van der Waals surface area contributed by atoms with E-state index in [4.69, 9.17) is 10.5 Å². The van der Waals surface area contributed by atoms with Crippen LogP contribution in [0, 0.1) is 0 Å². The van der Waals surface area contributed by atoms with Gasteiger partial charge in [-0.05, 0) is 36.2 Å². The van der Waals surface area contributed by atoms with Crippen molar-refractivity contribution in [3.63, 3.8) is 0 Å². The third-order valence-electron chi connectivity index (χ3n) is 3.07. The molecule has 2 N–H and O–H groups in total. The van der Waals surface area contributed by atoms with Gasteiger partial charge in [-0.15, -0.1) is 0 Å². The fraction of sp³-hybridized carbons (Fsp3) is 0.188. The molecular formula is C16H17NO2. The van der Waals surface area contributed by atoms with Crippen molar-refractivity contribution in [2.45, 2.75) is 13.3 Å². The molecule has 3 heteroatoms. The van der Waals surface area contributed by atoms with Gasteiger partial charge in [-0.25, -0.2) is 0 Å². The normalized spacial score (nSPS) is 10.2. The molecule has 0 radical (unpaired) electrons. The second-order valence-corrected chi connectivity index (χ2v) is 4.34. The summed E-state index contributed by atoms with van der Waals surface area (Å²) in [5.74, 6) is 0.518. The van der Waals surface area contributed by atoms with E-state index in [1.807, 2.05) is 18.2 Å². The molecule has 2 rings (SSSR count). The average molecular weight is 255 g/mol. The first-order valence-corrected chi connectivity index (χ1v) is 6.23. The molecule has 0 heterocycles. The number of methoxy groups -OCH3 is 1. The Hall–Kier alpha value is -2.29. The Morgan fingerprint density at radius 1 is 1.21 bits per heavy atom. The maximum atomic E-state index is 12.5. The van der Waals surface area contributed by atoms with Crippen LogP contribution in [0.15, 0.2) is 42.5 Å². The SMILES string of the molecule is CCc1ccc(OC)c(C(=O)c2cccc(N)c2)c1. The van der Waals surface area contributed by atoms with E-state index in [1.54, 1.807) is 31.4 Å². The Kier molecular flexibility index (Phi) is 3.85. The number of anilines is 1. The van der Waals surface area contributed by atoms with Gasteiger partial charge in [0.2, 0.25) is 0 Å². The molecule has 0 amide bonds. The highest BCUT2D eigenvalue weighted by Crippen LogP contribution is 2.24. The Balaban J connectivity index is 2.48. The van der Waals surface area contributed by atoms with Gasteiger partial charge >= 0.3 is 0 Å². The number of carbonyl (C=O) groups excluding carboxylic acids is 1. The molecular weight excluding hydrogens is 238 g/mol. The standard InChI is InChI=1S/C16H17NO2/c1-3-11-7-8-15(19-2)14(9-11)16(18)12-5-4-6-13(17)10-12/h4-10H,3,17H2,1-2H3. The van der Waals surface area contributed by atoms with Gasteiger partial charge in [0.15, 0.2) is 5.78 Å². The lowest BCUT2D eigenvalue weighted by Crippen LogP contribution is -2.05. The molecule has 98 valence electrons. The smallest absolute Gasteiger partial charge is 0.196 e. The number of hydrogen-bond acceptors (Lipinski definition) is 3. The molecule has 0 saturated carbocycles. The molecule has 0 aromatic heterocycles. The zero-order chi connectivity index (χ0) is 13.8. The number of hydrogen-bond donors (Lipinski definition) is 1. The molecule has 0 bridgehead atoms. The molecule has 0 aliphatic carbocycles. The first-order valence-electron chi connectivity index (χ1n) is 6.23. The first-order chi connectivity index (χ1) is 9.15. The number of benzene rings is 2. The Labute approximate surface area is 113 Å². The van der Waals surface area contributed by atoms with Crippen LogP contribution in [-0.4, -0.2) is 12.9 Å². The lowest BCUT2D eigenvalue weighted by atomic mass is 9.99. The quantitative estimate of drug-likeness (QED) is 0.674. The topological polar surface area (TPSA) is 52.3 Å². The van der Waals surface area contributed by atoms with Gasteiger partial charge in [-0.2, -0.15) is 0 Å². The summed E-state index contributed by atoms with van der Waals surface area (Å²) in [5.41, 5.74) is 8.55. The minimum absolute atomic E-state index is 0.0700. The van der Waals surface area contributed by atoms with Crippen molar-refractivity contribution in [3.8, 4) is 5.75 Å². The summed E-state index contributed by atoms with van der Waals surface area (Å²) in [5, 5.41) is 0. The highest BCUT2D eigenvalue weighted by atomic mass is 16.5. The van der Waals surface area contributed by atoms with Crippen LogP contribution in [0.5, 0.6) is 5.75 Å². The van der Waals surface area contributed by atoms with Crippen molar-refractivity contribution in [3.05, 3.63) is 59.2 Å². The van der Waals surface area contributed by atoms with Crippen molar-refractivity contribution in [1.29, 1.82) is 0 Å². The average Bonchev–Trinajstić information content (AvgIpc) is 2.45. The third kappa shape index (κ3) is 2.76. The molecule has 3 nitrogen and oxygen atoms in total. The van der Waals surface area contributed by atoms with E-state index >= 15 is 0 Å². The number of nitrogen functional groups attached to an aromatic ring is 1. The maximum absolute atomic E-state index is 12.5. The summed E-state index contributed by atoms with van der Waals surface area (Å²) in [7, 11) is 1.57. The van der Waals surface area contributed by atoms with Crippen molar-refractivity contribution in [1.82, 2.24) is 0 Å². The number of aryl methyl sites for hydroxylation is 1. The number of nitrogens with two attached hydrogens (primary N) is 1. The van der Waals surface area contributed by atoms with Gasteiger partial charge in [0.25, 0.3) is 0 Å². The summed E-state index contributed by atoms with van der Waals surface area (Å²) in [6.07, 6.45) is 0.876. The summed E-state index contributed by atoms with van der Waals surface area (Å²) < 4.78 is 5.27. The number of ketones is 1. The summed E-state index contributed by atoms with van der Waals surface area (Å²) in [6, 6.07) is 12.7. The van der Waals surface area contributed by atoms with E-state index in [2.05, 4.69) is 6.92 Å². The van der Waals surface area contributed by atoms with E-state index in [0.29, 0.717) is 22.6 Å². The second kappa shape index (κ2) is 5.57. The maximum Gasteiger partial charge on any atom is 0.196 e. The highest BCUT2D eigenvalue weighted by Gasteiger charge is 2.15. The summed E-state index contributed by atoms with van der Waals surface area (Å²) in [4.78, 5) is 12.5. The van der Waals surface area contributed by atoms with Crippen LogP contribution in [0.2, 0.25) is 0 Å². The minimum atomic E-state index is -0.0700. The molecule has 0 aliphatic rings. The third-order valence-corrected chi connectivity index (χ3v) is 3.07. The van der Waals surface area contributed by atoms with Crippen LogP contribution in [0.4, 0.5) is 5.69 Å². The van der Waals surface area contributed by atoms with Gasteiger partial charge in [0, 0.05) is 11.3 Å². The largest absolute Gasteiger partial charge is 0.496 e. The fourth-order valence-electron chi connectivity index (χ4n) is 1.99. The van der Waals surface area contributed by atoms with Crippen molar-refractivity contribution in [2.24, 2.45) is 0 Å². The van der Waals surface area contributed by atoms with Crippen LogP contribution in [0.25, 0.3) is 0 Å². The van der Waals surface area contributed by atoms with Crippen molar-refractivity contribution >= 4 is 11.5 Å². The molecule has 0 unspecified atom stereocenters. The van der Waals surface area contributed by atoms with Crippen LogP contribution < -0.4 is 10.5 Å². The predicted molar refractivity (Wildman–Crippen MR) is 76.7 cm³/mol. The molecule has 0 aliphatic heterocycles. The summed E-state index contributed by atoms with van der Waals surface area (Å²) >= 11 is 0. The van der Waals surface area contributed by atoms with E-state index < -0.39 is 0 Å². The number of rotatable bonds is 4. The predicted octanol–water partition coefficient (Wildman–Crippen LogP) is 3.07. The van der Waals surface area contributed by atoms with Crippen molar-refractivity contribution < 1.29 is 9.53 Å². The summed E-state index contributed by atoms with van der Waals surface area (Å²) in [6.45, 7) is 2.05. The Morgan fingerprint density at radius 3 is 2.63 bits per heavy atom. The van der Waals surface area contributed by atoms with Gasteiger partial charge in [-0.1, -0.05) is 25.1 Å². The molecule has 19 heavy (non-hydrogen) atoms. The lowest BCUT2D eigenvalue weighted by molar-refractivity contribution is 0.103. The van der Waals surface area contributed by atoms with E-state index in [1.165, 1.54) is 0 Å². The molecule has 0 fully saturated rings.